The fraction of sp³-hybridized carbons (Fsp3) is 0.217. The van der Waals surface area contributed by atoms with E-state index in [0.29, 0.717) is 5.02 Å². The van der Waals surface area contributed by atoms with E-state index in [1.54, 1.807) is 0 Å². The van der Waals surface area contributed by atoms with Crippen molar-refractivity contribution in [1.82, 2.24) is 19.5 Å². The van der Waals surface area contributed by atoms with Crippen molar-refractivity contribution in [3.05, 3.63) is 72.1 Å². The summed E-state index contributed by atoms with van der Waals surface area (Å²) in [6.07, 6.45) is 5.72. The summed E-state index contributed by atoms with van der Waals surface area (Å²) in [6, 6.07) is 16.5. The molecule has 2 aromatic heterocycles. The first-order valence-corrected chi connectivity index (χ1v) is 10.2. The number of anilines is 1. The van der Waals surface area contributed by atoms with E-state index in [1.165, 1.54) is 5.69 Å². The van der Waals surface area contributed by atoms with Gasteiger partial charge in [-0.1, -0.05) is 41.9 Å². The molecule has 0 unspecified atom stereocenters. The van der Waals surface area contributed by atoms with Gasteiger partial charge in [-0.3, -0.25) is 0 Å². The lowest BCUT2D eigenvalue weighted by molar-refractivity contribution is 0.313. The molecular formula is C23H22ClN5. The number of likely N-dealkylation sites (N-methyl/N-ethyl adjacent to an activating group) is 1. The summed E-state index contributed by atoms with van der Waals surface area (Å²) >= 11 is 6.33. The van der Waals surface area contributed by atoms with E-state index >= 15 is 0 Å². The van der Waals surface area contributed by atoms with Gasteiger partial charge in [0.05, 0.1) is 6.20 Å². The van der Waals surface area contributed by atoms with Crippen LogP contribution in [0.4, 0.5) is 5.69 Å². The fourth-order valence-corrected chi connectivity index (χ4v) is 4.07. The summed E-state index contributed by atoms with van der Waals surface area (Å²) in [6.45, 7) is 4.35. The number of fused-ring (bicyclic) bond motifs is 1. The molecule has 0 N–H and O–H groups in total. The van der Waals surface area contributed by atoms with Gasteiger partial charge < -0.3 is 9.80 Å². The van der Waals surface area contributed by atoms with Gasteiger partial charge in [0.1, 0.15) is 0 Å². The molecule has 0 atom stereocenters. The van der Waals surface area contributed by atoms with Gasteiger partial charge >= 0.3 is 0 Å². The number of hydrogen-bond acceptors (Lipinski definition) is 4. The zero-order valence-electron chi connectivity index (χ0n) is 16.3. The first-order valence-electron chi connectivity index (χ1n) is 9.81. The molecule has 0 amide bonds. The van der Waals surface area contributed by atoms with Crippen LogP contribution in [-0.4, -0.2) is 52.7 Å². The van der Waals surface area contributed by atoms with Crippen molar-refractivity contribution in [2.45, 2.75) is 0 Å². The smallest absolute Gasteiger partial charge is 0.162 e. The fourth-order valence-electron chi connectivity index (χ4n) is 3.83. The highest BCUT2D eigenvalue weighted by atomic mass is 35.5. The van der Waals surface area contributed by atoms with Crippen LogP contribution in [0.3, 0.4) is 0 Å². The molecule has 6 heteroatoms. The Morgan fingerprint density at radius 2 is 1.59 bits per heavy atom. The van der Waals surface area contributed by atoms with Crippen LogP contribution in [0.15, 0.2) is 67.1 Å². The molecule has 0 aliphatic carbocycles. The maximum atomic E-state index is 6.33. The van der Waals surface area contributed by atoms with Gasteiger partial charge in [0, 0.05) is 66.0 Å². The van der Waals surface area contributed by atoms with Gasteiger partial charge in [0.15, 0.2) is 5.65 Å². The zero-order valence-corrected chi connectivity index (χ0v) is 17.0. The second-order valence-corrected chi connectivity index (χ2v) is 7.89. The van der Waals surface area contributed by atoms with Crippen molar-refractivity contribution < 1.29 is 0 Å². The van der Waals surface area contributed by atoms with Gasteiger partial charge in [-0.05, 0) is 30.8 Å². The van der Waals surface area contributed by atoms with Crippen LogP contribution < -0.4 is 4.90 Å². The van der Waals surface area contributed by atoms with E-state index in [1.807, 2.05) is 47.4 Å². The van der Waals surface area contributed by atoms with E-state index < -0.39 is 0 Å². The van der Waals surface area contributed by atoms with E-state index in [9.17, 15) is 0 Å². The molecule has 3 heterocycles. The highest BCUT2D eigenvalue weighted by molar-refractivity contribution is 6.33. The Morgan fingerprint density at radius 1 is 0.828 bits per heavy atom. The number of nitrogens with zero attached hydrogens (tertiary/aromatic N) is 5. The van der Waals surface area contributed by atoms with Crippen LogP contribution in [0.2, 0.25) is 5.02 Å². The molecule has 0 bridgehead atoms. The lowest BCUT2D eigenvalue weighted by atomic mass is 10.1. The average molecular weight is 404 g/mol. The largest absolute Gasteiger partial charge is 0.369 e. The first-order chi connectivity index (χ1) is 14.2. The van der Waals surface area contributed by atoms with E-state index in [-0.39, 0.29) is 0 Å². The van der Waals surface area contributed by atoms with Crippen molar-refractivity contribution in [1.29, 1.82) is 0 Å². The third-order valence-electron chi connectivity index (χ3n) is 5.59. The van der Waals surface area contributed by atoms with Gasteiger partial charge in [-0.15, -0.1) is 0 Å². The molecule has 0 radical (unpaired) electrons. The number of aromatic nitrogens is 3. The van der Waals surface area contributed by atoms with E-state index in [2.05, 4.69) is 51.2 Å². The van der Waals surface area contributed by atoms with Crippen molar-refractivity contribution in [3.63, 3.8) is 0 Å². The highest BCUT2D eigenvalue weighted by Gasteiger charge is 2.15. The Balaban J connectivity index is 1.44. The van der Waals surface area contributed by atoms with Crippen molar-refractivity contribution in [2.75, 3.05) is 38.1 Å². The Kier molecular flexibility index (Phi) is 4.70. The minimum atomic E-state index is 0.709. The third-order valence-corrected chi connectivity index (χ3v) is 5.92. The van der Waals surface area contributed by atoms with E-state index in [0.717, 1.165) is 54.1 Å². The Hall–Kier alpha value is -2.89. The van der Waals surface area contributed by atoms with Crippen LogP contribution >= 0.6 is 11.6 Å². The first kappa shape index (κ1) is 18.2. The van der Waals surface area contributed by atoms with Crippen LogP contribution in [-0.2, 0) is 0 Å². The molecule has 5 rings (SSSR count). The number of hydrogen-bond donors (Lipinski definition) is 0. The van der Waals surface area contributed by atoms with Crippen molar-refractivity contribution in [2.24, 2.45) is 0 Å². The minimum Gasteiger partial charge on any atom is -0.369 e. The molecular weight excluding hydrogens is 382 g/mol. The summed E-state index contributed by atoms with van der Waals surface area (Å²) in [5, 5.41) is 5.24. The third kappa shape index (κ3) is 3.48. The molecule has 4 aromatic rings. The van der Waals surface area contributed by atoms with Crippen LogP contribution in [0.1, 0.15) is 0 Å². The summed E-state index contributed by atoms with van der Waals surface area (Å²) in [5.74, 6) is 0. The normalized spacial score (nSPS) is 15.2. The molecule has 0 saturated carbocycles. The average Bonchev–Trinajstić information content (AvgIpc) is 3.18. The molecule has 29 heavy (non-hydrogen) atoms. The van der Waals surface area contributed by atoms with Gasteiger partial charge in [0.25, 0.3) is 0 Å². The number of halogens is 1. The molecule has 146 valence electrons. The van der Waals surface area contributed by atoms with Gasteiger partial charge in [0.2, 0.25) is 0 Å². The summed E-state index contributed by atoms with van der Waals surface area (Å²) < 4.78 is 1.82. The summed E-state index contributed by atoms with van der Waals surface area (Å²) in [4.78, 5) is 9.49. The van der Waals surface area contributed by atoms with Crippen LogP contribution in [0.5, 0.6) is 0 Å². The number of rotatable bonds is 3. The lowest BCUT2D eigenvalue weighted by Crippen LogP contribution is -2.44. The SMILES string of the molecule is CN1CCN(c2ccc(-c3cnn4cc(-c5ccccc5Cl)cnc34)cc2)CC1. The Morgan fingerprint density at radius 3 is 2.34 bits per heavy atom. The highest BCUT2D eigenvalue weighted by Crippen LogP contribution is 2.30. The zero-order chi connectivity index (χ0) is 19.8. The molecule has 2 aromatic carbocycles. The maximum absolute atomic E-state index is 6.33. The Labute approximate surface area is 175 Å². The molecule has 5 nitrogen and oxygen atoms in total. The number of benzene rings is 2. The quantitative estimate of drug-likeness (QED) is 0.505. The predicted molar refractivity (Wildman–Crippen MR) is 119 cm³/mol. The summed E-state index contributed by atoms with van der Waals surface area (Å²) in [5.41, 5.74) is 6.16. The predicted octanol–water partition coefficient (Wildman–Crippen LogP) is 4.47. The van der Waals surface area contributed by atoms with Crippen molar-refractivity contribution >= 4 is 22.9 Å². The molecule has 1 fully saturated rings. The standard InChI is InChI=1S/C23H22ClN5/c1-27-10-12-28(13-11-27)19-8-6-17(7-9-19)21-15-26-29-16-18(14-25-23(21)29)20-4-2-3-5-22(20)24/h2-9,14-16H,10-13H2,1H3. The molecule has 0 spiro atoms. The monoisotopic (exact) mass is 403 g/mol. The van der Waals surface area contributed by atoms with Crippen molar-refractivity contribution in [3.8, 4) is 22.3 Å². The topological polar surface area (TPSA) is 36.7 Å². The molecule has 1 saturated heterocycles. The van der Waals surface area contributed by atoms with Crippen LogP contribution in [0, 0.1) is 0 Å². The second kappa shape index (κ2) is 7.50. The lowest BCUT2D eigenvalue weighted by Gasteiger charge is -2.34. The molecule has 1 aliphatic rings. The maximum Gasteiger partial charge on any atom is 0.162 e. The minimum absolute atomic E-state index is 0.709. The van der Waals surface area contributed by atoms with Gasteiger partial charge in [-0.25, -0.2) is 9.50 Å². The van der Waals surface area contributed by atoms with E-state index in [4.69, 9.17) is 11.6 Å². The van der Waals surface area contributed by atoms with Gasteiger partial charge in [-0.2, -0.15) is 5.10 Å². The number of piperazine rings is 1. The van der Waals surface area contributed by atoms with Crippen LogP contribution in [0.25, 0.3) is 27.9 Å². The second-order valence-electron chi connectivity index (χ2n) is 7.49. The Bertz CT molecular complexity index is 1140. The summed E-state index contributed by atoms with van der Waals surface area (Å²) in [7, 11) is 2.18. The molecule has 1 aliphatic heterocycles.